The van der Waals surface area contributed by atoms with Gasteiger partial charge in [-0.15, -0.1) is 0 Å². The molecule has 0 unspecified atom stereocenters. The second kappa shape index (κ2) is 7.89. The molecule has 25 heavy (non-hydrogen) atoms. The molecular weight excluding hydrogens is 342 g/mol. The largest absolute Gasteiger partial charge is 0.278 e. The Balaban J connectivity index is 2.15. The van der Waals surface area contributed by atoms with Gasteiger partial charge in [-0.2, -0.15) is 13.5 Å². The predicted molar refractivity (Wildman–Crippen MR) is 96.2 cm³/mol. The Morgan fingerprint density at radius 2 is 1.84 bits per heavy atom. The van der Waals surface area contributed by atoms with Gasteiger partial charge in [-0.3, -0.25) is 10.1 Å². The van der Waals surface area contributed by atoms with Gasteiger partial charge >= 0.3 is 0 Å². The van der Waals surface area contributed by atoms with E-state index in [4.69, 9.17) is 0 Å². The van der Waals surface area contributed by atoms with Crippen LogP contribution < -0.4 is 4.83 Å². The highest BCUT2D eigenvalue weighted by Gasteiger charge is 2.14. The number of hydrogen-bond donors (Lipinski definition) is 1. The molecule has 2 aromatic rings. The highest BCUT2D eigenvalue weighted by Crippen LogP contribution is 2.20. The summed E-state index contributed by atoms with van der Waals surface area (Å²) in [6.45, 7) is 4.13. The molecule has 0 saturated heterocycles. The second-order valence-electron chi connectivity index (χ2n) is 5.55. The third-order valence-electron chi connectivity index (χ3n) is 3.88. The molecule has 0 heterocycles. The van der Waals surface area contributed by atoms with Crippen LogP contribution in [0.2, 0.25) is 0 Å². The molecular formula is C17H19N3O4S. The van der Waals surface area contributed by atoms with Crippen LogP contribution in [-0.2, 0) is 10.0 Å². The SMILES string of the molecule is CC[C@@H](C)c1ccc(S(=O)(=O)N/N=C\c2ccccc2[N+](=O)[O-])cc1. The molecule has 2 rings (SSSR count). The Labute approximate surface area is 146 Å². The fourth-order valence-corrected chi connectivity index (χ4v) is 2.98. The van der Waals surface area contributed by atoms with Crippen LogP contribution in [0.15, 0.2) is 58.5 Å². The van der Waals surface area contributed by atoms with Gasteiger partial charge < -0.3 is 0 Å². The summed E-state index contributed by atoms with van der Waals surface area (Å²) in [6.07, 6.45) is 2.08. The van der Waals surface area contributed by atoms with E-state index in [0.717, 1.165) is 18.2 Å². The second-order valence-corrected chi connectivity index (χ2v) is 7.21. The summed E-state index contributed by atoms with van der Waals surface area (Å²) in [4.78, 5) is 12.5. The molecule has 1 atom stereocenters. The van der Waals surface area contributed by atoms with Gasteiger partial charge in [0.2, 0.25) is 0 Å². The van der Waals surface area contributed by atoms with Crippen LogP contribution in [0.4, 0.5) is 5.69 Å². The van der Waals surface area contributed by atoms with E-state index in [1.54, 1.807) is 18.2 Å². The molecule has 0 saturated carbocycles. The van der Waals surface area contributed by atoms with Crippen LogP contribution in [0.3, 0.4) is 0 Å². The average molecular weight is 361 g/mol. The van der Waals surface area contributed by atoms with E-state index in [2.05, 4.69) is 23.8 Å². The van der Waals surface area contributed by atoms with Gasteiger partial charge in [0, 0.05) is 6.07 Å². The Morgan fingerprint density at radius 1 is 1.20 bits per heavy atom. The predicted octanol–water partition coefficient (Wildman–Crippen LogP) is 3.42. The molecule has 0 bridgehead atoms. The normalized spacial score (nSPS) is 12.9. The number of nitro groups is 1. The summed E-state index contributed by atoms with van der Waals surface area (Å²) in [6, 6.07) is 12.5. The molecule has 0 aliphatic carbocycles. The van der Waals surface area contributed by atoms with Gasteiger partial charge in [-0.1, -0.05) is 38.1 Å². The quantitative estimate of drug-likeness (QED) is 0.464. The summed E-state index contributed by atoms with van der Waals surface area (Å²) < 4.78 is 24.5. The van der Waals surface area contributed by atoms with Crippen LogP contribution in [0.25, 0.3) is 0 Å². The number of rotatable bonds is 7. The van der Waals surface area contributed by atoms with Crippen LogP contribution in [0.5, 0.6) is 0 Å². The Bertz CT molecular complexity index is 877. The molecule has 2 aromatic carbocycles. The zero-order valence-electron chi connectivity index (χ0n) is 13.9. The number of nitro benzene ring substituents is 1. The van der Waals surface area contributed by atoms with E-state index in [0.29, 0.717) is 5.92 Å². The lowest BCUT2D eigenvalue weighted by Crippen LogP contribution is -2.18. The maximum atomic E-state index is 12.2. The van der Waals surface area contributed by atoms with Gasteiger partial charge in [-0.05, 0) is 36.1 Å². The number of hydrogen-bond acceptors (Lipinski definition) is 5. The molecule has 0 amide bonds. The van der Waals surface area contributed by atoms with E-state index >= 15 is 0 Å². The summed E-state index contributed by atoms with van der Waals surface area (Å²) in [5.74, 6) is 0.348. The molecule has 1 N–H and O–H groups in total. The van der Waals surface area contributed by atoms with Gasteiger partial charge in [0.1, 0.15) is 0 Å². The molecule has 7 nitrogen and oxygen atoms in total. The number of hydrazone groups is 1. The van der Waals surface area contributed by atoms with Gasteiger partial charge in [0.25, 0.3) is 15.7 Å². The van der Waals surface area contributed by atoms with Crippen molar-refractivity contribution in [2.45, 2.75) is 31.1 Å². The van der Waals surface area contributed by atoms with Crippen LogP contribution in [0.1, 0.15) is 37.3 Å². The molecule has 0 aromatic heterocycles. The minimum atomic E-state index is -3.83. The van der Waals surface area contributed by atoms with Crippen molar-refractivity contribution in [3.8, 4) is 0 Å². The molecule has 0 radical (unpaired) electrons. The van der Waals surface area contributed by atoms with Gasteiger partial charge in [0.15, 0.2) is 0 Å². The van der Waals surface area contributed by atoms with E-state index in [1.165, 1.54) is 30.3 Å². The average Bonchev–Trinajstić information content (AvgIpc) is 2.61. The van der Waals surface area contributed by atoms with Crippen molar-refractivity contribution < 1.29 is 13.3 Å². The third-order valence-corrected chi connectivity index (χ3v) is 5.12. The number of benzene rings is 2. The molecule has 0 aliphatic heterocycles. The van der Waals surface area contributed by atoms with E-state index in [-0.39, 0.29) is 16.1 Å². The lowest BCUT2D eigenvalue weighted by molar-refractivity contribution is -0.385. The molecule has 132 valence electrons. The number of nitrogens with one attached hydrogen (secondary N) is 1. The maximum Gasteiger partial charge on any atom is 0.278 e. The Morgan fingerprint density at radius 3 is 2.44 bits per heavy atom. The zero-order chi connectivity index (χ0) is 18.4. The zero-order valence-corrected chi connectivity index (χ0v) is 14.7. The van der Waals surface area contributed by atoms with Crippen molar-refractivity contribution in [3.05, 3.63) is 69.8 Å². The first kappa shape index (κ1) is 18.6. The Kier molecular flexibility index (Phi) is 5.87. The minimum absolute atomic E-state index is 0.0827. The van der Waals surface area contributed by atoms with Gasteiger partial charge in [-0.25, -0.2) is 4.83 Å². The molecule has 0 aliphatic rings. The van der Waals surface area contributed by atoms with Crippen molar-refractivity contribution in [1.29, 1.82) is 0 Å². The Hall–Kier alpha value is -2.74. The lowest BCUT2D eigenvalue weighted by Gasteiger charge is -2.09. The topological polar surface area (TPSA) is 102 Å². The van der Waals surface area contributed by atoms with E-state index in [9.17, 15) is 18.5 Å². The highest BCUT2D eigenvalue weighted by molar-refractivity contribution is 7.89. The summed E-state index contributed by atoms with van der Waals surface area (Å²) >= 11 is 0. The maximum absolute atomic E-state index is 12.2. The highest BCUT2D eigenvalue weighted by atomic mass is 32.2. The fraction of sp³-hybridized carbons (Fsp3) is 0.235. The lowest BCUT2D eigenvalue weighted by atomic mass is 9.99. The number of para-hydroxylation sites is 1. The van der Waals surface area contributed by atoms with Gasteiger partial charge in [0.05, 0.1) is 21.6 Å². The van der Waals surface area contributed by atoms with Crippen molar-refractivity contribution >= 4 is 21.9 Å². The van der Waals surface area contributed by atoms with Crippen molar-refractivity contribution in [2.75, 3.05) is 0 Å². The molecule has 0 spiro atoms. The minimum Gasteiger partial charge on any atom is -0.258 e. The van der Waals surface area contributed by atoms with Crippen LogP contribution >= 0.6 is 0 Å². The first-order valence-electron chi connectivity index (χ1n) is 7.73. The van der Waals surface area contributed by atoms with Crippen molar-refractivity contribution in [1.82, 2.24) is 4.83 Å². The van der Waals surface area contributed by atoms with Crippen LogP contribution in [0, 0.1) is 10.1 Å². The fourth-order valence-electron chi connectivity index (χ4n) is 2.19. The number of sulfonamides is 1. The first-order chi connectivity index (χ1) is 11.8. The monoisotopic (exact) mass is 361 g/mol. The van der Waals surface area contributed by atoms with Crippen LogP contribution in [-0.4, -0.2) is 19.6 Å². The number of nitrogens with zero attached hydrogens (tertiary/aromatic N) is 2. The van der Waals surface area contributed by atoms with Crippen molar-refractivity contribution in [2.24, 2.45) is 5.10 Å². The standard InChI is InChI=1S/C17H19N3O4S/c1-3-13(2)14-8-10-16(11-9-14)25(23,24)19-18-12-15-6-4-5-7-17(15)20(21)22/h4-13,19H,3H2,1-2H3/b18-12-/t13-/m1/s1. The summed E-state index contributed by atoms with van der Waals surface area (Å²) in [7, 11) is -3.83. The van der Waals surface area contributed by atoms with E-state index < -0.39 is 14.9 Å². The summed E-state index contributed by atoms with van der Waals surface area (Å²) in [5.41, 5.74) is 1.12. The first-order valence-corrected chi connectivity index (χ1v) is 9.21. The smallest absolute Gasteiger partial charge is 0.258 e. The van der Waals surface area contributed by atoms with E-state index in [1.807, 2.05) is 0 Å². The summed E-state index contributed by atoms with van der Waals surface area (Å²) in [5, 5.41) is 14.6. The third kappa shape index (κ3) is 4.63. The van der Waals surface area contributed by atoms with Crippen molar-refractivity contribution in [3.63, 3.8) is 0 Å². The molecule has 8 heteroatoms. The molecule has 0 fully saturated rings.